The number of carboxylic acids is 4. The van der Waals surface area contributed by atoms with Crippen LogP contribution in [0.2, 0.25) is 0 Å². The lowest BCUT2D eigenvalue weighted by Crippen LogP contribution is -2.12. The van der Waals surface area contributed by atoms with E-state index < -0.39 is 23.9 Å². The van der Waals surface area contributed by atoms with Crippen LogP contribution in [0, 0.1) is 0 Å². The molecule has 4 aromatic carbocycles. The number of unbranched alkanes of at least 4 members (excludes halogenated alkanes) is 60. The summed E-state index contributed by atoms with van der Waals surface area (Å²) >= 11 is 0. The number of hydrogen-bond acceptors (Lipinski definition) is 12. The van der Waals surface area contributed by atoms with Crippen molar-refractivity contribution in [1.82, 2.24) is 0 Å². The third-order valence-electron chi connectivity index (χ3n) is 25.0. The van der Waals surface area contributed by atoms with Gasteiger partial charge in [0.15, 0.2) is 0 Å². The number of rotatable bonds is 76. The van der Waals surface area contributed by atoms with Crippen LogP contribution in [0.25, 0.3) is 0 Å². The highest BCUT2D eigenvalue weighted by molar-refractivity contribution is 5.90. The molecule has 124 heavy (non-hydrogen) atoms. The average molecular weight is 1730 g/mol. The van der Waals surface area contributed by atoms with E-state index in [-0.39, 0.29) is 75.1 Å². The molecule has 1 aliphatic heterocycles. The molecule has 0 saturated heterocycles. The number of carbonyl (C=O) groups is 4. The summed E-state index contributed by atoms with van der Waals surface area (Å²) in [5.41, 5.74) is 3.67. The molecule has 0 unspecified atom stereocenters. The Morgan fingerprint density at radius 2 is 0.298 bits per heavy atom. The molecular formula is C108H176O16. The number of hydrogen-bond donors (Lipinski definition) is 4. The van der Waals surface area contributed by atoms with Crippen LogP contribution in [-0.2, 0) is 71.8 Å². The van der Waals surface area contributed by atoms with E-state index in [0.29, 0.717) is 93.9 Å². The van der Waals surface area contributed by atoms with Gasteiger partial charge in [-0.05, 0) is 74.2 Å². The lowest BCUT2D eigenvalue weighted by atomic mass is 10.0. The third kappa shape index (κ3) is 50.5. The second-order valence-corrected chi connectivity index (χ2v) is 36.3. The molecule has 16 nitrogen and oxygen atoms in total. The first-order valence-electron chi connectivity index (χ1n) is 51.3. The van der Waals surface area contributed by atoms with Crippen LogP contribution in [0.4, 0.5) is 0 Å². The number of fused-ring (bicyclic) bond motifs is 8. The fraction of sp³-hybridized carbons (Fsp3) is 0.741. The van der Waals surface area contributed by atoms with Gasteiger partial charge in [0.05, 0.1) is 102 Å². The van der Waals surface area contributed by atoms with Gasteiger partial charge in [-0.3, -0.25) is 0 Å². The first-order valence-corrected chi connectivity index (χ1v) is 51.3. The van der Waals surface area contributed by atoms with E-state index in [9.17, 15) is 39.6 Å². The van der Waals surface area contributed by atoms with Crippen molar-refractivity contribution >= 4 is 23.9 Å². The Balaban J connectivity index is 1.45. The summed E-state index contributed by atoms with van der Waals surface area (Å²) in [7, 11) is 0. The van der Waals surface area contributed by atoms with E-state index in [1.807, 2.05) is 0 Å². The molecule has 0 aromatic heterocycles. The summed E-state index contributed by atoms with van der Waals surface area (Å²) in [4.78, 5) is 53.0. The number of carboxylic acid groups (broad SMARTS) is 4. The summed E-state index contributed by atoms with van der Waals surface area (Å²) in [5.74, 6) is -2.96. The molecule has 4 N–H and O–H groups in total. The van der Waals surface area contributed by atoms with Crippen LogP contribution >= 0.6 is 0 Å². The Labute approximate surface area is 753 Å². The van der Waals surface area contributed by atoms with E-state index in [1.54, 1.807) is 48.5 Å². The Kier molecular flexibility index (Phi) is 64.4. The maximum Gasteiger partial charge on any atom is 0.335 e. The van der Waals surface area contributed by atoms with Crippen LogP contribution < -0.4 is 18.9 Å². The zero-order valence-corrected chi connectivity index (χ0v) is 79.0. The normalized spacial score (nSPS) is 12.8. The molecular weight excluding hydrogens is 1550 g/mol. The summed E-state index contributed by atoms with van der Waals surface area (Å²) in [5, 5.41) is 43.3. The monoisotopic (exact) mass is 1730 g/mol. The fourth-order valence-corrected chi connectivity index (χ4v) is 17.5. The highest BCUT2D eigenvalue weighted by Gasteiger charge is 2.25. The number of aromatic carboxylic acids is 4. The Morgan fingerprint density at radius 3 is 0.403 bits per heavy atom. The molecule has 0 aliphatic carbocycles. The van der Waals surface area contributed by atoms with Crippen LogP contribution in [0.15, 0.2) is 48.5 Å². The van der Waals surface area contributed by atoms with Gasteiger partial charge in [-0.25, -0.2) is 19.2 Å². The van der Waals surface area contributed by atoms with Crippen molar-refractivity contribution in [2.75, 3.05) is 26.4 Å². The summed E-state index contributed by atoms with van der Waals surface area (Å²) in [6.45, 7) is 9.44. The standard InChI is InChI=1S/C108H176O16/c1-5-9-13-17-21-25-29-33-37-41-45-49-53-57-61-65-69-121-101-93-73-89(105(109)110)74-94(101)82-118-84-96-76-91(107(113)114)78-98(103(96)123-71-67-63-59-55-51-47-43-39-35-31-27-23-19-15-11-7-3)86-120-88-100-80-92(108(115)116)79-99(104(100)124-72-68-64-60-56-52-48-44-40-36-32-28-24-20-16-12-8-4)87-119-85-97-77-90(106(111)112)75-95(83-117-81-93)102(97)122-70-66-62-58-54-50-46-42-38-34-30-26-22-18-14-10-6-2/h73-80H,5-72,81-88H2,1-4H3,(H,109,110)(H,111,112)(H,113,114)(H,115,116). The predicted octanol–water partition coefficient (Wildman–Crippen LogP) is 32.2. The maximum absolute atomic E-state index is 13.2. The quantitative estimate of drug-likeness (QED) is 0.0302. The van der Waals surface area contributed by atoms with Gasteiger partial charge in [0, 0.05) is 44.5 Å². The molecule has 0 radical (unpaired) electrons. The zero-order valence-electron chi connectivity index (χ0n) is 79.0. The minimum absolute atomic E-state index is 0.00670. The topological polar surface area (TPSA) is 223 Å². The minimum atomic E-state index is -1.16. The van der Waals surface area contributed by atoms with Crippen molar-refractivity contribution in [3.63, 3.8) is 0 Å². The summed E-state index contributed by atoms with van der Waals surface area (Å²) in [6, 6.07) is 12.5. The van der Waals surface area contributed by atoms with Crippen LogP contribution in [0.1, 0.15) is 525 Å². The minimum Gasteiger partial charge on any atom is -0.493 e. The molecule has 0 fully saturated rings. The number of benzene rings is 4. The summed E-state index contributed by atoms with van der Waals surface area (Å²) in [6.07, 6.45) is 78.6. The van der Waals surface area contributed by atoms with Crippen molar-refractivity contribution in [3.05, 3.63) is 115 Å². The molecule has 704 valence electrons. The van der Waals surface area contributed by atoms with E-state index in [4.69, 9.17) is 37.9 Å². The SMILES string of the molecule is CCCCCCCCCCCCCCCCCCOc1c2cc(C(=O)O)cc1COCc1cc(C(=O)O)cc(c1OCCCCCCCCCCCCCCCCCC)COCc1cc(C(=O)O)cc(c1OCCCCCCCCCCCCCCCCCC)COCc1cc(C(=O)O)cc(c1OCCCCCCCCCCCCCCCCCC)COC2. The molecule has 5 rings (SSSR count). The molecule has 4 aromatic rings. The molecule has 0 amide bonds. The lowest BCUT2D eigenvalue weighted by Gasteiger charge is -2.21. The van der Waals surface area contributed by atoms with Crippen LogP contribution in [-0.4, -0.2) is 70.7 Å². The zero-order chi connectivity index (χ0) is 88.6. The predicted molar refractivity (Wildman–Crippen MR) is 508 cm³/mol. The van der Waals surface area contributed by atoms with Crippen molar-refractivity contribution in [1.29, 1.82) is 0 Å². The van der Waals surface area contributed by atoms with Gasteiger partial charge in [-0.1, -0.05) is 413 Å². The van der Waals surface area contributed by atoms with Crippen molar-refractivity contribution in [2.45, 2.75) is 491 Å². The molecule has 8 bridgehead atoms. The van der Waals surface area contributed by atoms with Gasteiger partial charge < -0.3 is 58.3 Å². The molecule has 0 saturated carbocycles. The van der Waals surface area contributed by atoms with Crippen LogP contribution in [0.3, 0.4) is 0 Å². The Bertz CT molecular complexity index is 2840. The highest BCUT2D eigenvalue weighted by Crippen LogP contribution is 2.37. The second kappa shape index (κ2) is 73.7. The highest BCUT2D eigenvalue weighted by atomic mass is 16.5. The Hall–Kier alpha value is -6.20. The van der Waals surface area contributed by atoms with Gasteiger partial charge in [-0.15, -0.1) is 0 Å². The third-order valence-corrected chi connectivity index (χ3v) is 25.0. The largest absolute Gasteiger partial charge is 0.493 e. The summed E-state index contributed by atoms with van der Waals surface area (Å²) < 4.78 is 53.8. The maximum atomic E-state index is 13.2. The van der Waals surface area contributed by atoms with Gasteiger partial charge in [-0.2, -0.15) is 0 Å². The first kappa shape index (κ1) is 108. The lowest BCUT2D eigenvalue weighted by molar-refractivity contribution is 0.0683. The second-order valence-electron chi connectivity index (χ2n) is 36.3. The fourth-order valence-electron chi connectivity index (χ4n) is 17.5. The van der Waals surface area contributed by atoms with E-state index in [2.05, 4.69) is 27.7 Å². The molecule has 1 heterocycles. The van der Waals surface area contributed by atoms with Crippen molar-refractivity contribution in [3.8, 4) is 23.0 Å². The van der Waals surface area contributed by atoms with Crippen LogP contribution in [0.5, 0.6) is 23.0 Å². The molecule has 16 heteroatoms. The van der Waals surface area contributed by atoms with E-state index in [0.717, 1.165) is 103 Å². The molecule has 1 aliphatic rings. The molecule has 0 spiro atoms. The van der Waals surface area contributed by atoms with Crippen molar-refractivity contribution in [2.24, 2.45) is 0 Å². The van der Waals surface area contributed by atoms with Gasteiger partial charge in [0.1, 0.15) is 23.0 Å². The molecule has 0 atom stereocenters. The smallest absolute Gasteiger partial charge is 0.335 e. The first-order chi connectivity index (χ1) is 60.9. The van der Waals surface area contributed by atoms with Crippen molar-refractivity contribution < 1.29 is 77.5 Å². The number of ether oxygens (including phenoxy) is 8. The average Bonchev–Trinajstić information content (AvgIpc) is 0.810. The van der Waals surface area contributed by atoms with E-state index >= 15 is 0 Å². The van der Waals surface area contributed by atoms with Gasteiger partial charge >= 0.3 is 23.9 Å². The Morgan fingerprint density at radius 1 is 0.194 bits per heavy atom. The van der Waals surface area contributed by atoms with Gasteiger partial charge in [0.25, 0.3) is 0 Å². The van der Waals surface area contributed by atoms with E-state index in [1.165, 1.54) is 308 Å². The van der Waals surface area contributed by atoms with Gasteiger partial charge in [0.2, 0.25) is 0 Å².